The van der Waals surface area contributed by atoms with E-state index in [0.29, 0.717) is 56.4 Å². The fourth-order valence-electron chi connectivity index (χ4n) is 5.35. The molecule has 0 radical (unpaired) electrons. The third kappa shape index (κ3) is 7.74. The van der Waals surface area contributed by atoms with E-state index in [1.54, 1.807) is 0 Å². The van der Waals surface area contributed by atoms with Crippen LogP contribution in [0.3, 0.4) is 0 Å². The van der Waals surface area contributed by atoms with Gasteiger partial charge in [-0.3, -0.25) is 9.59 Å². The van der Waals surface area contributed by atoms with E-state index in [4.69, 9.17) is 15.2 Å². The highest BCUT2D eigenvalue weighted by molar-refractivity contribution is 6.12. The van der Waals surface area contributed by atoms with Crippen molar-refractivity contribution in [1.29, 1.82) is 0 Å². The average molecular weight is 636 g/mol. The molecule has 2 aromatic carbocycles. The fraction of sp³-hybridized carbons (Fsp3) is 0.244. The summed E-state index contributed by atoms with van der Waals surface area (Å²) in [7, 11) is 0. The summed E-state index contributed by atoms with van der Waals surface area (Å²) in [6.45, 7) is 15.8. The van der Waals surface area contributed by atoms with Crippen molar-refractivity contribution in [3.63, 3.8) is 0 Å². The predicted octanol–water partition coefficient (Wildman–Crippen LogP) is 11.1. The van der Waals surface area contributed by atoms with Gasteiger partial charge in [-0.15, -0.1) is 10.2 Å². The number of Topliss-reactive ketones (excluding diaryl/α,β-unsaturated/α-hetero) is 2. The van der Waals surface area contributed by atoms with Crippen LogP contribution in [0.15, 0.2) is 157 Å². The lowest BCUT2D eigenvalue weighted by molar-refractivity contribution is -0.113. The van der Waals surface area contributed by atoms with Crippen molar-refractivity contribution in [2.45, 2.75) is 55.4 Å². The van der Waals surface area contributed by atoms with Crippen molar-refractivity contribution < 1.29 is 9.59 Å². The number of nitrogens with zero attached hydrogens (tertiary/aromatic N) is 5. The van der Waals surface area contributed by atoms with Gasteiger partial charge in [-0.2, -0.15) is 10.2 Å². The molecule has 0 unspecified atom stereocenters. The van der Waals surface area contributed by atoms with Crippen molar-refractivity contribution in [3.05, 3.63) is 148 Å². The van der Waals surface area contributed by atoms with E-state index in [0.717, 1.165) is 11.1 Å². The molecule has 0 saturated carbocycles. The Hall–Kier alpha value is -5.43. The molecule has 0 aliphatic heterocycles. The standard InChI is InChI=1S/C41H41N5O2/c1-26-22-28(24-32(38(26)47)40(3,4)5)36(45-43-30-16-11-9-12-17-30)34-20-15-21-35(42-34)37(46-44-31-18-13-10-14-19-31)29-23-27(2)39(48)33(25-29)41(6,7)8/h9-25H,1-8H3. The summed E-state index contributed by atoms with van der Waals surface area (Å²) in [5.41, 5.74) is 6.79. The van der Waals surface area contributed by atoms with Crippen LogP contribution in [0.1, 0.15) is 66.8 Å². The molecule has 0 N–H and O–H groups in total. The molecule has 48 heavy (non-hydrogen) atoms. The number of ketones is 2. The van der Waals surface area contributed by atoms with Gasteiger partial charge in [-0.1, -0.05) is 84.0 Å². The van der Waals surface area contributed by atoms with E-state index in [9.17, 15) is 9.59 Å². The summed E-state index contributed by atoms with van der Waals surface area (Å²) in [6.07, 6.45) is 7.48. The van der Waals surface area contributed by atoms with Crippen molar-refractivity contribution in [2.24, 2.45) is 31.3 Å². The number of pyridine rings is 1. The lowest BCUT2D eigenvalue weighted by Crippen LogP contribution is -2.21. The number of carbonyl (C=O) groups is 2. The van der Waals surface area contributed by atoms with Crippen LogP contribution >= 0.6 is 0 Å². The molecule has 5 rings (SSSR count). The highest BCUT2D eigenvalue weighted by Crippen LogP contribution is 2.38. The van der Waals surface area contributed by atoms with Crippen molar-refractivity contribution in [2.75, 3.05) is 0 Å². The monoisotopic (exact) mass is 635 g/mol. The minimum Gasteiger partial charge on any atom is -0.289 e. The Morgan fingerprint density at radius 1 is 0.521 bits per heavy atom. The van der Waals surface area contributed by atoms with E-state index >= 15 is 0 Å². The number of benzene rings is 2. The maximum absolute atomic E-state index is 13.2. The Kier molecular flexibility index (Phi) is 9.71. The molecule has 0 fully saturated rings. The molecule has 7 heteroatoms. The van der Waals surface area contributed by atoms with Gasteiger partial charge < -0.3 is 0 Å². The lowest BCUT2D eigenvalue weighted by Gasteiger charge is -2.25. The second-order valence-corrected chi connectivity index (χ2v) is 14.0. The Bertz CT molecular complexity index is 1860. The van der Waals surface area contributed by atoms with Crippen LogP contribution in [0.4, 0.5) is 11.4 Å². The zero-order chi connectivity index (χ0) is 34.6. The van der Waals surface area contributed by atoms with Gasteiger partial charge in [-0.25, -0.2) is 4.98 Å². The van der Waals surface area contributed by atoms with Crippen LogP contribution < -0.4 is 0 Å². The minimum atomic E-state index is -0.385. The van der Waals surface area contributed by atoms with Crippen molar-refractivity contribution in [3.8, 4) is 0 Å². The summed E-state index contributed by atoms with van der Waals surface area (Å²) in [4.78, 5) is 31.5. The SMILES string of the molecule is CC1=CC(=C(N=Nc2ccccc2)c2cccc(C(N=Nc3ccccc3)=C3C=C(C)C(=O)C(C(C)(C)C)=C3)n2)C=C(C(C)(C)C)C1=O. The summed E-state index contributed by atoms with van der Waals surface area (Å²) in [5.74, 6) is 0.0205. The van der Waals surface area contributed by atoms with E-state index in [1.165, 1.54) is 0 Å². The highest BCUT2D eigenvalue weighted by Gasteiger charge is 2.30. The molecule has 2 aliphatic rings. The molecular formula is C41H41N5O2. The highest BCUT2D eigenvalue weighted by atomic mass is 16.1. The first-order valence-corrected chi connectivity index (χ1v) is 16.0. The first-order valence-electron chi connectivity index (χ1n) is 16.0. The van der Waals surface area contributed by atoms with Crippen LogP contribution in [0.2, 0.25) is 0 Å². The molecule has 0 spiro atoms. The lowest BCUT2D eigenvalue weighted by atomic mass is 9.78. The number of carbonyl (C=O) groups excluding carboxylic acids is 2. The number of allylic oxidation sites excluding steroid dienone is 10. The van der Waals surface area contributed by atoms with Gasteiger partial charge in [0.2, 0.25) is 0 Å². The molecular weight excluding hydrogens is 594 g/mol. The second-order valence-electron chi connectivity index (χ2n) is 14.0. The molecule has 0 bridgehead atoms. The number of hydrogen-bond donors (Lipinski definition) is 0. The van der Waals surface area contributed by atoms with Gasteiger partial charge >= 0.3 is 0 Å². The Morgan fingerprint density at radius 3 is 1.25 bits per heavy atom. The maximum atomic E-state index is 13.2. The maximum Gasteiger partial charge on any atom is 0.185 e. The molecule has 3 aromatic rings. The average Bonchev–Trinajstić information content (AvgIpc) is 3.04. The third-order valence-corrected chi connectivity index (χ3v) is 7.99. The van der Waals surface area contributed by atoms with Crippen molar-refractivity contribution in [1.82, 2.24) is 4.98 Å². The normalized spacial score (nSPS) is 18.1. The minimum absolute atomic E-state index is 0.0103. The zero-order valence-electron chi connectivity index (χ0n) is 28.9. The molecule has 0 amide bonds. The van der Waals surface area contributed by atoms with Gasteiger partial charge in [-0.05, 0) is 96.5 Å². The summed E-state index contributed by atoms with van der Waals surface area (Å²) in [6, 6.07) is 24.6. The van der Waals surface area contributed by atoms with Crippen LogP contribution in [0.25, 0.3) is 11.4 Å². The number of rotatable bonds is 6. The topological polar surface area (TPSA) is 96.5 Å². The van der Waals surface area contributed by atoms with E-state index in [1.807, 2.05) is 159 Å². The Balaban J connectivity index is 1.76. The van der Waals surface area contributed by atoms with Gasteiger partial charge in [0, 0.05) is 22.3 Å². The van der Waals surface area contributed by atoms with Gasteiger partial charge in [0.05, 0.1) is 22.8 Å². The molecule has 0 saturated heterocycles. The Labute approximate surface area is 283 Å². The largest absolute Gasteiger partial charge is 0.289 e. The molecule has 242 valence electrons. The quantitative estimate of drug-likeness (QED) is 0.252. The third-order valence-electron chi connectivity index (χ3n) is 7.99. The van der Waals surface area contributed by atoms with Gasteiger partial charge in [0.25, 0.3) is 0 Å². The van der Waals surface area contributed by atoms with Gasteiger partial charge in [0.15, 0.2) is 11.6 Å². The second kappa shape index (κ2) is 13.7. The summed E-state index contributed by atoms with van der Waals surface area (Å²) < 4.78 is 0. The molecule has 0 atom stereocenters. The number of hydrogen-bond acceptors (Lipinski definition) is 7. The Morgan fingerprint density at radius 2 is 0.896 bits per heavy atom. The first-order chi connectivity index (χ1) is 22.7. The fourth-order valence-corrected chi connectivity index (χ4v) is 5.35. The summed E-state index contributed by atoms with van der Waals surface area (Å²) >= 11 is 0. The number of aromatic nitrogens is 1. The molecule has 2 aliphatic carbocycles. The van der Waals surface area contributed by atoms with Crippen LogP contribution in [-0.4, -0.2) is 16.6 Å². The molecule has 7 nitrogen and oxygen atoms in total. The summed E-state index contributed by atoms with van der Waals surface area (Å²) in [5, 5.41) is 18.6. The van der Waals surface area contributed by atoms with E-state index in [-0.39, 0.29) is 22.4 Å². The van der Waals surface area contributed by atoms with Crippen molar-refractivity contribution >= 4 is 34.3 Å². The van der Waals surface area contributed by atoms with Crippen LogP contribution in [-0.2, 0) is 9.59 Å². The smallest absolute Gasteiger partial charge is 0.185 e. The predicted molar refractivity (Wildman–Crippen MR) is 193 cm³/mol. The zero-order valence-corrected chi connectivity index (χ0v) is 28.9. The van der Waals surface area contributed by atoms with E-state index < -0.39 is 0 Å². The van der Waals surface area contributed by atoms with Crippen LogP contribution in [0, 0.1) is 10.8 Å². The molecule has 1 aromatic heterocycles. The van der Waals surface area contributed by atoms with Crippen LogP contribution in [0.5, 0.6) is 0 Å². The van der Waals surface area contributed by atoms with Gasteiger partial charge in [0.1, 0.15) is 11.4 Å². The molecule has 1 heterocycles. The first kappa shape index (κ1) is 33.9. The van der Waals surface area contributed by atoms with E-state index in [2.05, 4.69) is 10.2 Å². The number of azo groups is 2.